The average molecular weight is 276 g/mol. The van der Waals surface area contributed by atoms with E-state index in [4.69, 9.17) is 10.5 Å². The monoisotopic (exact) mass is 276 g/mol. The van der Waals surface area contributed by atoms with Crippen molar-refractivity contribution in [3.63, 3.8) is 0 Å². The molecule has 0 unspecified atom stereocenters. The maximum Gasteiger partial charge on any atom is 0.226 e. The van der Waals surface area contributed by atoms with Crippen LogP contribution in [-0.4, -0.2) is 37.6 Å². The van der Waals surface area contributed by atoms with Gasteiger partial charge in [0.15, 0.2) is 0 Å². The Morgan fingerprint density at radius 2 is 1.95 bits per heavy atom. The topological polar surface area (TPSA) is 55.6 Å². The van der Waals surface area contributed by atoms with Gasteiger partial charge in [-0.1, -0.05) is 12.1 Å². The van der Waals surface area contributed by atoms with E-state index in [0.29, 0.717) is 12.3 Å². The minimum Gasteiger partial charge on any atom is -0.497 e. The van der Waals surface area contributed by atoms with Crippen molar-refractivity contribution >= 4 is 5.91 Å². The van der Waals surface area contributed by atoms with Crippen molar-refractivity contribution in [2.24, 2.45) is 11.7 Å². The zero-order chi connectivity index (χ0) is 14.4. The summed E-state index contributed by atoms with van der Waals surface area (Å²) in [6.45, 7) is 2.50. The smallest absolute Gasteiger partial charge is 0.226 e. The lowest BCUT2D eigenvalue weighted by Crippen LogP contribution is -2.39. The van der Waals surface area contributed by atoms with Gasteiger partial charge in [0.1, 0.15) is 5.75 Å². The SMILES string of the molecule is COc1ccc(CC(=O)N2CCC(CCN)CC2)cc1. The van der Waals surface area contributed by atoms with Gasteiger partial charge in [0.25, 0.3) is 0 Å². The molecule has 0 saturated carbocycles. The third-order valence-corrected chi connectivity index (χ3v) is 4.06. The number of piperidine rings is 1. The Kier molecular flexibility index (Phi) is 5.41. The predicted molar refractivity (Wildman–Crippen MR) is 79.7 cm³/mol. The maximum atomic E-state index is 12.3. The summed E-state index contributed by atoms with van der Waals surface area (Å²) in [6, 6.07) is 7.71. The van der Waals surface area contributed by atoms with Gasteiger partial charge < -0.3 is 15.4 Å². The van der Waals surface area contributed by atoms with Gasteiger partial charge in [-0.05, 0) is 49.4 Å². The van der Waals surface area contributed by atoms with Crippen molar-refractivity contribution in [3.05, 3.63) is 29.8 Å². The summed E-state index contributed by atoms with van der Waals surface area (Å²) < 4.78 is 5.12. The second-order valence-corrected chi connectivity index (χ2v) is 5.43. The van der Waals surface area contributed by atoms with E-state index in [2.05, 4.69) is 0 Å². The molecule has 1 saturated heterocycles. The number of hydrogen-bond acceptors (Lipinski definition) is 3. The molecule has 0 atom stereocenters. The summed E-state index contributed by atoms with van der Waals surface area (Å²) in [4.78, 5) is 14.2. The lowest BCUT2D eigenvalue weighted by Gasteiger charge is -2.32. The standard InChI is InChI=1S/C16H24N2O2/c1-20-15-4-2-14(3-5-15)12-16(19)18-10-7-13(6-9-17)8-11-18/h2-5,13H,6-12,17H2,1H3. The van der Waals surface area contributed by atoms with Crippen LogP contribution in [0.4, 0.5) is 0 Å². The summed E-state index contributed by atoms with van der Waals surface area (Å²) in [5.41, 5.74) is 6.63. The van der Waals surface area contributed by atoms with Crippen LogP contribution in [-0.2, 0) is 11.2 Å². The van der Waals surface area contributed by atoms with E-state index < -0.39 is 0 Å². The molecule has 0 aromatic heterocycles. The van der Waals surface area contributed by atoms with Crippen LogP contribution in [0.15, 0.2) is 24.3 Å². The number of carbonyl (C=O) groups is 1. The molecular weight excluding hydrogens is 252 g/mol. The van der Waals surface area contributed by atoms with E-state index in [-0.39, 0.29) is 5.91 Å². The van der Waals surface area contributed by atoms with Crippen molar-refractivity contribution < 1.29 is 9.53 Å². The number of ether oxygens (including phenoxy) is 1. The molecule has 1 amide bonds. The fourth-order valence-electron chi connectivity index (χ4n) is 2.74. The molecular formula is C16H24N2O2. The van der Waals surface area contributed by atoms with Gasteiger partial charge in [0.2, 0.25) is 5.91 Å². The van der Waals surface area contributed by atoms with E-state index in [1.165, 1.54) is 0 Å². The fourth-order valence-corrected chi connectivity index (χ4v) is 2.74. The van der Waals surface area contributed by atoms with Crippen LogP contribution in [0, 0.1) is 5.92 Å². The Labute approximate surface area is 120 Å². The van der Waals surface area contributed by atoms with Crippen LogP contribution in [0.5, 0.6) is 5.75 Å². The first kappa shape index (κ1) is 14.9. The average Bonchev–Trinajstić information content (AvgIpc) is 2.49. The summed E-state index contributed by atoms with van der Waals surface area (Å²) >= 11 is 0. The third-order valence-electron chi connectivity index (χ3n) is 4.06. The molecule has 1 fully saturated rings. The highest BCUT2D eigenvalue weighted by Crippen LogP contribution is 2.20. The Balaban J connectivity index is 1.83. The summed E-state index contributed by atoms with van der Waals surface area (Å²) in [5, 5.41) is 0. The van der Waals surface area contributed by atoms with E-state index in [1.807, 2.05) is 29.2 Å². The lowest BCUT2D eigenvalue weighted by atomic mass is 9.93. The highest BCUT2D eigenvalue weighted by Gasteiger charge is 2.22. The minimum absolute atomic E-state index is 0.223. The normalized spacial score (nSPS) is 16.2. The van der Waals surface area contributed by atoms with E-state index in [9.17, 15) is 4.79 Å². The quantitative estimate of drug-likeness (QED) is 0.892. The fraction of sp³-hybridized carbons (Fsp3) is 0.562. The Hall–Kier alpha value is -1.55. The van der Waals surface area contributed by atoms with Crippen LogP contribution in [0.1, 0.15) is 24.8 Å². The van der Waals surface area contributed by atoms with Crippen molar-refractivity contribution in [1.82, 2.24) is 4.90 Å². The highest BCUT2D eigenvalue weighted by atomic mass is 16.5. The molecule has 2 rings (SSSR count). The van der Waals surface area contributed by atoms with E-state index in [0.717, 1.165) is 50.2 Å². The number of nitrogens with two attached hydrogens (primary N) is 1. The second-order valence-electron chi connectivity index (χ2n) is 5.43. The molecule has 0 spiro atoms. The summed E-state index contributed by atoms with van der Waals surface area (Å²) in [7, 11) is 1.64. The largest absolute Gasteiger partial charge is 0.497 e. The minimum atomic E-state index is 0.223. The van der Waals surface area contributed by atoms with Gasteiger partial charge in [-0.25, -0.2) is 0 Å². The molecule has 4 heteroatoms. The maximum absolute atomic E-state index is 12.3. The zero-order valence-electron chi connectivity index (χ0n) is 12.2. The number of carbonyl (C=O) groups excluding carboxylic acids is 1. The molecule has 2 N–H and O–H groups in total. The Morgan fingerprint density at radius 3 is 2.50 bits per heavy atom. The molecule has 1 aliphatic heterocycles. The molecule has 1 aliphatic rings. The lowest BCUT2D eigenvalue weighted by molar-refractivity contribution is -0.131. The van der Waals surface area contributed by atoms with Crippen molar-refractivity contribution in [3.8, 4) is 5.75 Å². The molecule has 0 bridgehead atoms. The molecule has 110 valence electrons. The van der Waals surface area contributed by atoms with Crippen molar-refractivity contribution in [1.29, 1.82) is 0 Å². The van der Waals surface area contributed by atoms with E-state index >= 15 is 0 Å². The highest BCUT2D eigenvalue weighted by molar-refractivity contribution is 5.78. The third kappa shape index (κ3) is 3.97. The summed E-state index contributed by atoms with van der Waals surface area (Å²) in [5.74, 6) is 1.75. The number of nitrogens with zero attached hydrogens (tertiary/aromatic N) is 1. The molecule has 4 nitrogen and oxygen atoms in total. The van der Waals surface area contributed by atoms with Gasteiger partial charge in [-0.3, -0.25) is 4.79 Å². The molecule has 20 heavy (non-hydrogen) atoms. The molecule has 0 aliphatic carbocycles. The molecule has 1 heterocycles. The van der Waals surface area contributed by atoms with Gasteiger partial charge in [-0.15, -0.1) is 0 Å². The van der Waals surface area contributed by atoms with Crippen LogP contribution in [0.2, 0.25) is 0 Å². The van der Waals surface area contributed by atoms with Gasteiger partial charge in [0, 0.05) is 13.1 Å². The van der Waals surface area contributed by atoms with Crippen LogP contribution in [0.25, 0.3) is 0 Å². The van der Waals surface area contributed by atoms with Crippen LogP contribution < -0.4 is 10.5 Å². The van der Waals surface area contributed by atoms with Crippen LogP contribution >= 0.6 is 0 Å². The van der Waals surface area contributed by atoms with Gasteiger partial charge in [0.05, 0.1) is 13.5 Å². The van der Waals surface area contributed by atoms with E-state index in [1.54, 1.807) is 7.11 Å². The van der Waals surface area contributed by atoms with Crippen molar-refractivity contribution in [2.75, 3.05) is 26.7 Å². The number of amides is 1. The molecule has 0 radical (unpaired) electrons. The van der Waals surface area contributed by atoms with Crippen LogP contribution in [0.3, 0.4) is 0 Å². The Bertz CT molecular complexity index is 423. The number of methoxy groups -OCH3 is 1. The number of benzene rings is 1. The Morgan fingerprint density at radius 1 is 1.30 bits per heavy atom. The first-order valence-corrected chi connectivity index (χ1v) is 7.33. The first-order valence-electron chi connectivity index (χ1n) is 7.33. The molecule has 1 aromatic rings. The second kappa shape index (κ2) is 7.29. The predicted octanol–water partition coefficient (Wildman–Crippen LogP) is 1.83. The number of likely N-dealkylation sites (tertiary alicyclic amines) is 1. The number of rotatable bonds is 5. The van der Waals surface area contributed by atoms with Gasteiger partial charge in [-0.2, -0.15) is 0 Å². The van der Waals surface area contributed by atoms with Crippen molar-refractivity contribution in [2.45, 2.75) is 25.7 Å². The molecule has 1 aromatic carbocycles. The zero-order valence-corrected chi connectivity index (χ0v) is 12.2. The first-order chi connectivity index (χ1) is 9.72. The number of hydrogen-bond donors (Lipinski definition) is 1. The summed E-state index contributed by atoms with van der Waals surface area (Å²) in [6.07, 6.45) is 3.74. The van der Waals surface area contributed by atoms with Gasteiger partial charge >= 0.3 is 0 Å².